The van der Waals surface area contributed by atoms with Gasteiger partial charge in [-0.05, 0) is 12.1 Å². The van der Waals surface area contributed by atoms with Gasteiger partial charge in [-0.3, -0.25) is 4.84 Å². The van der Waals surface area contributed by atoms with Gasteiger partial charge in [0.2, 0.25) is 5.82 Å². The minimum absolute atomic E-state index is 0.0838. The molecule has 0 N–H and O–H groups in total. The Morgan fingerprint density at radius 3 is 2.34 bits per heavy atom. The van der Waals surface area contributed by atoms with E-state index in [1.165, 1.54) is 26.2 Å². The summed E-state index contributed by atoms with van der Waals surface area (Å²) in [5.74, 6) is -1.59. The van der Waals surface area contributed by atoms with Crippen molar-refractivity contribution >= 4 is 17.4 Å². The van der Waals surface area contributed by atoms with Gasteiger partial charge in [-0.25, -0.2) is 4.79 Å². The maximum Gasteiger partial charge on any atom is 0.471 e. The Labute approximate surface area is 168 Å². The molecule has 0 unspecified atom stereocenters. The molecule has 2 rings (SSSR count). The fourth-order valence-electron chi connectivity index (χ4n) is 2.24. The maximum atomic E-state index is 12.7. The predicted octanol–water partition coefficient (Wildman–Crippen LogP) is 2.90. The average molecular weight is 438 g/mol. The fraction of sp³-hybridized carbons (Fsp3) is 0.562. The smallest absolute Gasteiger partial charge is 0.383 e. The van der Waals surface area contributed by atoms with Crippen LogP contribution in [-0.2, 0) is 27.0 Å². The van der Waals surface area contributed by atoms with E-state index >= 15 is 0 Å². The normalized spacial score (nSPS) is 11.7. The lowest BCUT2D eigenvalue weighted by Gasteiger charge is -2.28. The second-order valence-electron chi connectivity index (χ2n) is 5.66. The van der Waals surface area contributed by atoms with Crippen molar-refractivity contribution in [1.82, 2.24) is 20.1 Å². The molecule has 0 fully saturated rings. The Morgan fingerprint density at radius 1 is 1.17 bits per heavy atom. The Hall–Kier alpha value is -2.22. The van der Waals surface area contributed by atoms with Gasteiger partial charge in [0.05, 0.1) is 31.7 Å². The molecule has 0 aliphatic heterocycles. The Morgan fingerprint density at radius 2 is 1.83 bits per heavy atom. The molecule has 29 heavy (non-hydrogen) atoms. The van der Waals surface area contributed by atoms with Crippen LogP contribution in [0.4, 0.5) is 18.0 Å². The number of hydroxylamine groups is 2. The molecule has 0 saturated heterocycles. The van der Waals surface area contributed by atoms with Crippen molar-refractivity contribution < 1.29 is 36.8 Å². The standard InChI is InChI=1S/C16H21F3N4O5S/c1-25-8-6-22(7-9-26-2)15(24)23(27-3)10-11-4-5-12(29-11)13-20-14(28-21-13)16(17,18)19/h4-5H,6-10H2,1-3H3. The number of amides is 2. The Bertz CT molecular complexity index is 775. The lowest BCUT2D eigenvalue weighted by atomic mass is 10.4. The van der Waals surface area contributed by atoms with Crippen molar-refractivity contribution in [1.29, 1.82) is 0 Å². The number of hydrogen-bond donors (Lipinski definition) is 0. The van der Waals surface area contributed by atoms with Crippen LogP contribution in [0.1, 0.15) is 10.8 Å². The quantitative estimate of drug-likeness (QED) is 0.527. The van der Waals surface area contributed by atoms with Gasteiger partial charge in [0.25, 0.3) is 0 Å². The molecule has 0 spiro atoms. The molecular weight excluding hydrogens is 417 g/mol. The zero-order valence-corrected chi connectivity index (χ0v) is 16.9. The van der Waals surface area contributed by atoms with Gasteiger partial charge in [0, 0.05) is 32.2 Å². The summed E-state index contributed by atoms with van der Waals surface area (Å²) in [6.45, 7) is 1.46. The average Bonchev–Trinajstić information content (AvgIpc) is 3.35. The fourth-order valence-corrected chi connectivity index (χ4v) is 3.15. The van der Waals surface area contributed by atoms with Crippen LogP contribution in [0.3, 0.4) is 0 Å². The third-order valence-electron chi connectivity index (χ3n) is 3.68. The molecule has 2 heterocycles. The highest BCUT2D eigenvalue weighted by Gasteiger charge is 2.38. The molecule has 0 aliphatic carbocycles. The molecule has 0 atom stereocenters. The Balaban J connectivity index is 2.08. The number of aromatic nitrogens is 2. The van der Waals surface area contributed by atoms with Crippen molar-refractivity contribution in [2.45, 2.75) is 12.7 Å². The van der Waals surface area contributed by atoms with E-state index in [4.69, 9.17) is 14.3 Å². The topological polar surface area (TPSA) is 90.2 Å². The van der Waals surface area contributed by atoms with Gasteiger partial charge in [0.1, 0.15) is 0 Å². The summed E-state index contributed by atoms with van der Waals surface area (Å²) in [5.41, 5.74) is 0. The number of hydrogen-bond acceptors (Lipinski definition) is 8. The molecule has 9 nitrogen and oxygen atoms in total. The number of alkyl halides is 3. The van der Waals surface area contributed by atoms with Crippen LogP contribution in [0.5, 0.6) is 0 Å². The number of carbonyl (C=O) groups is 1. The SMILES string of the molecule is COCCN(CCOC)C(=O)N(Cc1ccc(-c2noc(C(F)(F)F)n2)s1)OC. The summed E-state index contributed by atoms with van der Waals surface area (Å²) in [7, 11) is 4.41. The first-order valence-electron chi connectivity index (χ1n) is 8.38. The molecule has 13 heteroatoms. The summed E-state index contributed by atoms with van der Waals surface area (Å²) in [4.78, 5) is 23.8. The molecule has 2 amide bonds. The Kier molecular flexibility index (Phi) is 8.37. The van der Waals surface area contributed by atoms with Crippen LogP contribution in [0.15, 0.2) is 16.7 Å². The number of rotatable bonds is 10. The van der Waals surface area contributed by atoms with Gasteiger partial charge in [0.15, 0.2) is 0 Å². The first-order valence-corrected chi connectivity index (χ1v) is 9.20. The van der Waals surface area contributed by atoms with E-state index < -0.39 is 18.1 Å². The van der Waals surface area contributed by atoms with Crippen LogP contribution in [0.2, 0.25) is 0 Å². The number of nitrogens with zero attached hydrogens (tertiary/aromatic N) is 4. The molecule has 0 aromatic carbocycles. The highest BCUT2D eigenvalue weighted by molar-refractivity contribution is 7.15. The summed E-state index contributed by atoms with van der Waals surface area (Å²) in [5, 5.41) is 4.49. The molecule has 162 valence electrons. The van der Waals surface area contributed by atoms with E-state index in [9.17, 15) is 18.0 Å². The number of urea groups is 1. The van der Waals surface area contributed by atoms with Gasteiger partial charge in [-0.1, -0.05) is 5.16 Å². The molecule has 2 aromatic rings. The van der Waals surface area contributed by atoms with Gasteiger partial charge in [-0.15, -0.1) is 11.3 Å². The third kappa shape index (κ3) is 6.39. The van der Waals surface area contributed by atoms with Gasteiger partial charge >= 0.3 is 18.1 Å². The lowest BCUT2D eigenvalue weighted by molar-refractivity contribution is -0.159. The number of methoxy groups -OCH3 is 2. The predicted molar refractivity (Wildman–Crippen MR) is 95.9 cm³/mol. The molecule has 0 bridgehead atoms. The van der Waals surface area contributed by atoms with Crippen molar-refractivity contribution in [3.05, 3.63) is 22.9 Å². The first kappa shape index (κ1) is 23.1. The van der Waals surface area contributed by atoms with Gasteiger partial charge in [-0.2, -0.15) is 23.2 Å². The van der Waals surface area contributed by atoms with Gasteiger partial charge < -0.3 is 18.9 Å². The minimum Gasteiger partial charge on any atom is -0.383 e. The zero-order valence-electron chi connectivity index (χ0n) is 16.1. The number of halogens is 3. The van der Waals surface area contributed by atoms with Crippen LogP contribution in [-0.4, -0.2) is 73.8 Å². The van der Waals surface area contributed by atoms with E-state index in [2.05, 4.69) is 14.7 Å². The molecule has 0 aliphatic rings. The van der Waals surface area contributed by atoms with Crippen LogP contribution in [0, 0.1) is 0 Å². The third-order valence-corrected chi connectivity index (χ3v) is 4.75. The monoisotopic (exact) mass is 438 g/mol. The lowest BCUT2D eigenvalue weighted by Crippen LogP contribution is -2.45. The van der Waals surface area contributed by atoms with Crippen LogP contribution >= 0.6 is 11.3 Å². The van der Waals surface area contributed by atoms with E-state index in [0.717, 1.165) is 16.4 Å². The molecular formula is C16H21F3N4O5S. The summed E-state index contributed by atoms with van der Waals surface area (Å²) >= 11 is 1.12. The molecule has 0 saturated carbocycles. The van der Waals surface area contributed by atoms with E-state index in [-0.39, 0.29) is 12.4 Å². The van der Waals surface area contributed by atoms with Crippen molar-refractivity contribution in [3.8, 4) is 10.7 Å². The minimum atomic E-state index is -4.71. The van der Waals surface area contributed by atoms with Crippen molar-refractivity contribution in [2.24, 2.45) is 0 Å². The second kappa shape index (κ2) is 10.5. The van der Waals surface area contributed by atoms with Crippen molar-refractivity contribution in [2.75, 3.05) is 47.6 Å². The highest BCUT2D eigenvalue weighted by atomic mass is 32.1. The number of carbonyl (C=O) groups excluding carboxylic acids is 1. The second-order valence-corrected chi connectivity index (χ2v) is 6.83. The van der Waals surface area contributed by atoms with E-state index in [1.807, 2.05) is 0 Å². The van der Waals surface area contributed by atoms with Crippen molar-refractivity contribution in [3.63, 3.8) is 0 Å². The van der Waals surface area contributed by atoms with Crippen LogP contribution in [0.25, 0.3) is 10.7 Å². The largest absolute Gasteiger partial charge is 0.471 e. The molecule has 0 radical (unpaired) electrons. The summed E-state index contributed by atoms with van der Waals surface area (Å²) in [6, 6.07) is 2.81. The molecule has 2 aromatic heterocycles. The van der Waals surface area contributed by atoms with E-state index in [1.54, 1.807) is 12.1 Å². The number of ether oxygens (including phenoxy) is 2. The highest BCUT2D eigenvalue weighted by Crippen LogP contribution is 2.32. The van der Waals surface area contributed by atoms with Crippen LogP contribution < -0.4 is 0 Å². The first-order chi connectivity index (χ1) is 13.8. The van der Waals surface area contributed by atoms with E-state index in [0.29, 0.717) is 36.1 Å². The number of thiophene rings is 1. The summed E-state index contributed by atoms with van der Waals surface area (Å²) in [6.07, 6.45) is -4.71. The summed E-state index contributed by atoms with van der Waals surface area (Å²) < 4.78 is 52.1. The maximum absolute atomic E-state index is 12.7. The zero-order chi connectivity index (χ0) is 21.4.